The number of hydrogen-bond acceptors (Lipinski definition) is 6. The van der Waals surface area contributed by atoms with Gasteiger partial charge in [0.15, 0.2) is 0 Å². The molecule has 1 amide bonds. The van der Waals surface area contributed by atoms with E-state index in [1.165, 1.54) is 11.3 Å². The monoisotopic (exact) mass is 344 g/mol. The zero-order chi connectivity index (χ0) is 13.9. The molecule has 114 valence electrons. The average Bonchev–Trinajstić information content (AvgIpc) is 3.08. The SMILES string of the molecule is C[C@H]1C[C@@H](C(=O)Nc2nnc(-c3ccsc3)s2)CCN1.Cl. The summed E-state index contributed by atoms with van der Waals surface area (Å²) in [5.41, 5.74) is 1.06. The summed E-state index contributed by atoms with van der Waals surface area (Å²) in [4.78, 5) is 12.2. The van der Waals surface area contributed by atoms with Gasteiger partial charge in [0.25, 0.3) is 0 Å². The molecule has 0 spiro atoms. The minimum atomic E-state index is 0. The third-order valence-electron chi connectivity index (χ3n) is 3.42. The highest BCUT2D eigenvalue weighted by atomic mass is 35.5. The third kappa shape index (κ3) is 4.00. The maximum absolute atomic E-state index is 12.2. The number of halogens is 1. The normalized spacial score (nSPS) is 21.6. The fourth-order valence-electron chi connectivity index (χ4n) is 2.35. The summed E-state index contributed by atoms with van der Waals surface area (Å²) < 4.78 is 0. The number of thiophene rings is 1. The first kappa shape index (κ1) is 16.4. The predicted octanol–water partition coefficient (Wildman–Crippen LogP) is 3.02. The van der Waals surface area contributed by atoms with E-state index in [1.54, 1.807) is 11.3 Å². The number of piperidine rings is 1. The Morgan fingerprint density at radius 1 is 1.48 bits per heavy atom. The van der Waals surface area contributed by atoms with Crippen molar-refractivity contribution in [2.24, 2.45) is 5.92 Å². The number of hydrogen-bond donors (Lipinski definition) is 2. The second kappa shape index (κ2) is 7.31. The van der Waals surface area contributed by atoms with Crippen LogP contribution in [0.2, 0.25) is 0 Å². The van der Waals surface area contributed by atoms with Crippen LogP contribution in [-0.2, 0) is 4.79 Å². The van der Waals surface area contributed by atoms with Crippen LogP contribution in [0, 0.1) is 5.92 Å². The molecule has 1 saturated heterocycles. The third-order valence-corrected chi connectivity index (χ3v) is 4.99. The quantitative estimate of drug-likeness (QED) is 0.898. The molecule has 21 heavy (non-hydrogen) atoms. The van der Waals surface area contributed by atoms with E-state index in [4.69, 9.17) is 0 Å². The van der Waals surface area contributed by atoms with Crippen LogP contribution in [0.15, 0.2) is 16.8 Å². The average molecular weight is 345 g/mol. The highest BCUT2D eigenvalue weighted by Gasteiger charge is 2.25. The summed E-state index contributed by atoms with van der Waals surface area (Å²) in [6.45, 7) is 3.01. The molecule has 2 N–H and O–H groups in total. The Labute approximate surface area is 137 Å². The molecule has 2 atom stereocenters. The van der Waals surface area contributed by atoms with Crippen molar-refractivity contribution in [1.29, 1.82) is 0 Å². The molecule has 5 nitrogen and oxygen atoms in total. The highest BCUT2D eigenvalue weighted by molar-refractivity contribution is 7.19. The molecule has 2 aromatic rings. The first-order valence-electron chi connectivity index (χ1n) is 6.62. The number of carbonyl (C=O) groups is 1. The summed E-state index contributed by atoms with van der Waals surface area (Å²) >= 11 is 3.05. The maximum Gasteiger partial charge on any atom is 0.229 e. The number of amides is 1. The van der Waals surface area contributed by atoms with Gasteiger partial charge < -0.3 is 10.6 Å². The molecule has 0 radical (unpaired) electrons. The van der Waals surface area contributed by atoms with Crippen LogP contribution in [0.25, 0.3) is 10.6 Å². The summed E-state index contributed by atoms with van der Waals surface area (Å²) in [5.74, 6) is 0.131. The summed E-state index contributed by atoms with van der Waals surface area (Å²) in [6, 6.07) is 2.40. The van der Waals surface area contributed by atoms with Crippen molar-refractivity contribution in [3.8, 4) is 10.6 Å². The molecule has 1 aliphatic heterocycles. The highest BCUT2D eigenvalue weighted by Crippen LogP contribution is 2.28. The van der Waals surface area contributed by atoms with Crippen LogP contribution in [0.1, 0.15) is 19.8 Å². The van der Waals surface area contributed by atoms with Crippen LogP contribution < -0.4 is 10.6 Å². The molecule has 3 heterocycles. The van der Waals surface area contributed by atoms with Crippen LogP contribution in [0.5, 0.6) is 0 Å². The molecule has 0 saturated carbocycles. The Kier molecular flexibility index (Phi) is 5.69. The van der Waals surface area contributed by atoms with Gasteiger partial charge in [0.1, 0.15) is 5.01 Å². The molecule has 0 bridgehead atoms. The number of anilines is 1. The van der Waals surface area contributed by atoms with Crippen molar-refractivity contribution in [2.75, 3.05) is 11.9 Å². The van der Waals surface area contributed by atoms with E-state index in [0.717, 1.165) is 30.0 Å². The maximum atomic E-state index is 12.2. The largest absolute Gasteiger partial charge is 0.314 e. The fourth-order valence-corrected chi connectivity index (χ4v) is 3.81. The van der Waals surface area contributed by atoms with Crippen molar-refractivity contribution >= 4 is 46.1 Å². The van der Waals surface area contributed by atoms with Gasteiger partial charge in [0.05, 0.1) is 0 Å². The number of rotatable bonds is 3. The lowest BCUT2D eigenvalue weighted by Gasteiger charge is -2.26. The van der Waals surface area contributed by atoms with E-state index in [-0.39, 0.29) is 24.2 Å². The molecule has 2 aromatic heterocycles. The summed E-state index contributed by atoms with van der Waals surface area (Å²) in [5, 5.41) is 19.9. The second-order valence-corrected chi connectivity index (χ2v) is 6.75. The van der Waals surface area contributed by atoms with E-state index < -0.39 is 0 Å². The van der Waals surface area contributed by atoms with Crippen molar-refractivity contribution < 1.29 is 4.79 Å². The second-order valence-electron chi connectivity index (χ2n) is 4.99. The Balaban J connectivity index is 0.00000161. The lowest BCUT2D eigenvalue weighted by Crippen LogP contribution is -2.40. The van der Waals surface area contributed by atoms with Gasteiger partial charge in [0.2, 0.25) is 11.0 Å². The van der Waals surface area contributed by atoms with Crippen LogP contribution >= 0.6 is 35.1 Å². The molecule has 0 aliphatic carbocycles. The van der Waals surface area contributed by atoms with Gasteiger partial charge in [-0.25, -0.2) is 0 Å². The van der Waals surface area contributed by atoms with Crippen molar-refractivity contribution in [2.45, 2.75) is 25.8 Å². The van der Waals surface area contributed by atoms with Crippen molar-refractivity contribution in [1.82, 2.24) is 15.5 Å². The fraction of sp³-hybridized carbons (Fsp3) is 0.462. The van der Waals surface area contributed by atoms with Gasteiger partial charge >= 0.3 is 0 Å². The first-order valence-corrected chi connectivity index (χ1v) is 8.38. The van der Waals surface area contributed by atoms with Crippen LogP contribution in [-0.4, -0.2) is 28.7 Å². The Morgan fingerprint density at radius 3 is 3.05 bits per heavy atom. The van der Waals surface area contributed by atoms with Gasteiger partial charge in [-0.2, -0.15) is 11.3 Å². The zero-order valence-electron chi connectivity index (χ0n) is 11.5. The van der Waals surface area contributed by atoms with E-state index in [1.807, 2.05) is 16.8 Å². The molecular formula is C13H17ClN4OS2. The van der Waals surface area contributed by atoms with Crippen molar-refractivity contribution in [3.05, 3.63) is 16.8 Å². The summed E-state index contributed by atoms with van der Waals surface area (Å²) in [6.07, 6.45) is 1.76. The Morgan fingerprint density at radius 2 is 2.33 bits per heavy atom. The molecule has 3 rings (SSSR count). The standard InChI is InChI=1S/C13H16N4OS2.ClH/c1-8-6-9(2-4-14-8)11(18)15-13-17-16-12(20-13)10-3-5-19-7-10;/h3,5,7-9,14H,2,4,6H2,1H3,(H,15,17,18);1H/t8-,9-;/m0./s1. The Hall–Kier alpha value is -1.02. The van der Waals surface area contributed by atoms with Gasteiger partial charge in [-0.15, -0.1) is 22.6 Å². The first-order chi connectivity index (χ1) is 9.72. The van der Waals surface area contributed by atoms with E-state index in [9.17, 15) is 4.79 Å². The minimum absolute atomic E-state index is 0. The van der Waals surface area contributed by atoms with Crippen LogP contribution in [0.3, 0.4) is 0 Å². The number of carbonyl (C=O) groups excluding carboxylic acids is 1. The Bertz CT molecular complexity index is 587. The number of nitrogens with one attached hydrogen (secondary N) is 2. The zero-order valence-corrected chi connectivity index (χ0v) is 14.0. The van der Waals surface area contributed by atoms with Crippen LogP contribution in [0.4, 0.5) is 5.13 Å². The smallest absolute Gasteiger partial charge is 0.229 e. The lowest BCUT2D eigenvalue weighted by atomic mass is 9.93. The molecule has 0 unspecified atom stereocenters. The number of aromatic nitrogens is 2. The molecular weight excluding hydrogens is 328 g/mol. The van der Waals surface area contributed by atoms with Gasteiger partial charge in [-0.05, 0) is 37.8 Å². The van der Waals surface area contributed by atoms with E-state index >= 15 is 0 Å². The van der Waals surface area contributed by atoms with Gasteiger partial charge in [0, 0.05) is 22.9 Å². The van der Waals surface area contributed by atoms with Gasteiger partial charge in [-0.1, -0.05) is 11.3 Å². The van der Waals surface area contributed by atoms with E-state index in [0.29, 0.717) is 11.2 Å². The molecule has 0 aromatic carbocycles. The molecule has 1 fully saturated rings. The minimum Gasteiger partial charge on any atom is -0.314 e. The topological polar surface area (TPSA) is 66.9 Å². The molecule has 8 heteroatoms. The van der Waals surface area contributed by atoms with E-state index in [2.05, 4.69) is 27.8 Å². The lowest BCUT2D eigenvalue weighted by molar-refractivity contribution is -0.120. The summed E-state index contributed by atoms with van der Waals surface area (Å²) in [7, 11) is 0. The van der Waals surface area contributed by atoms with Gasteiger partial charge in [-0.3, -0.25) is 4.79 Å². The number of nitrogens with zero attached hydrogens (tertiary/aromatic N) is 2. The molecule has 1 aliphatic rings. The predicted molar refractivity (Wildman–Crippen MR) is 89.3 cm³/mol. The van der Waals surface area contributed by atoms with Crippen molar-refractivity contribution in [3.63, 3.8) is 0 Å².